The molecule has 1 aliphatic rings. The molecule has 3 rings (SSSR count). The lowest BCUT2D eigenvalue weighted by atomic mass is 10.1. The van der Waals surface area contributed by atoms with E-state index in [2.05, 4.69) is 0 Å². The number of nitrogens with zero attached hydrogens (tertiary/aromatic N) is 2. The maximum atomic E-state index is 12.9. The van der Waals surface area contributed by atoms with Gasteiger partial charge >= 0.3 is 6.18 Å². The predicted molar refractivity (Wildman–Crippen MR) is 105 cm³/mol. The average molecular weight is 429 g/mol. The van der Waals surface area contributed by atoms with E-state index in [-0.39, 0.29) is 5.78 Å². The first-order valence-electron chi connectivity index (χ1n) is 8.58. The second-order valence-corrected chi connectivity index (χ2v) is 7.19. The smallest absolute Gasteiger partial charge is 0.374 e. The lowest BCUT2D eigenvalue weighted by molar-refractivity contribution is -0.137. The fourth-order valence-electron chi connectivity index (χ4n) is 2.93. The Kier molecular flexibility index (Phi) is 6.20. The van der Waals surface area contributed by atoms with Gasteiger partial charge in [-0.25, -0.2) is 0 Å². The number of benzene rings is 2. The van der Waals surface area contributed by atoms with E-state index in [1.807, 2.05) is 9.80 Å². The normalized spacial score (nSPS) is 15.3. The zero-order chi connectivity index (χ0) is 20.3. The third-order valence-electron chi connectivity index (χ3n) is 4.49. The topological polar surface area (TPSA) is 23.6 Å². The molecule has 28 heavy (non-hydrogen) atoms. The van der Waals surface area contributed by atoms with Gasteiger partial charge in [-0.2, -0.15) is 13.2 Å². The number of anilines is 1. The summed E-state index contributed by atoms with van der Waals surface area (Å²) in [6.45, 7) is 2.32. The summed E-state index contributed by atoms with van der Waals surface area (Å²) in [4.78, 5) is 16.1. The van der Waals surface area contributed by atoms with Gasteiger partial charge in [0, 0.05) is 49.7 Å². The molecular weight excluding hydrogens is 412 g/mol. The second-order valence-electron chi connectivity index (χ2n) is 6.38. The highest BCUT2D eigenvalue weighted by Crippen LogP contribution is 2.32. The standard InChI is InChI=1S/C20H17Cl2F3N2O/c21-17-5-4-14(12-18(17)22)19(28)6-7-26-8-10-27(11-9-26)16-3-1-2-15(13-16)20(23,24)25/h1-7,12-13H,8-11H2/b7-6+. The molecule has 0 atom stereocenters. The zero-order valence-electron chi connectivity index (χ0n) is 14.7. The van der Waals surface area contributed by atoms with Crippen LogP contribution in [0, 0.1) is 0 Å². The molecule has 2 aromatic rings. The molecule has 0 unspecified atom stereocenters. The van der Waals surface area contributed by atoms with Crippen molar-refractivity contribution in [2.24, 2.45) is 0 Å². The van der Waals surface area contributed by atoms with Gasteiger partial charge in [-0.05, 0) is 36.4 Å². The number of hydrogen-bond donors (Lipinski definition) is 0. The van der Waals surface area contributed by atoms with E-state index >= 15 is 0 Å². The molecule has 1 saturated heterocycles. The molecule has 0 aromatic heterocycles. The van der Waals surface area contributed by atoms with Crippen LogP contribution in [-0.4, -0.2) is 36.9 Å². The van der Waals surface area contributed by atoms with E-state index in [1.54, 1.807) is 24.4 Å². The first kappa shape index (κ1) is 20.6. The van der Waals surface area contributed by atoms with E-state index in [9.17, 15) is 18.0 Å². The number of carbonyl (C=O) groups excluding carboxylic acids is 1. The van der Waals surface area contributed by atoms with Gasteiger partial charge in [-0.15, -0.1) is 0 Å². The molecule has 0 N–H and O–H groups in total. The molecule has 0 saturated carbocycles. The number of halogens is 5. The third-order valence-corrected chi connectivity index (χ3v) is 5.23. The lowest BCUT2D eigenvalue weighted by Crippen LogP contribution is -2.44. The Morgan fingerprint density at radius 2 is 1.68 bits per heavy atom. The van der Waals surface area contributed by atoms with Gasteiger partial charge in [-0.3, -0.25) is 4.79 Å². The summed E-state index contributed by atoms with van der Waals surface area (Å²) in [5, 5.41) is 0.698. The van der Waals surface area contributed by atoms with Crippen LogP contribution in [0.3, 0.4) is 0 Å². The Labute approximate surface area is 170 Å². The van der Waals surface area contributed by atoms with Crippen molar-refractivity contribution >= 4 is 34.7 Å². The van der Waals surface area contributed by atoms with Crippen LogP contribution >= 0.6 is 23.2 Å². The van der Waals surface area contributed by atoms with Gasteiger partial charge in [0.2, 0.25) is 0 Å². The summed E-state index contributed by atoms with van der Waals surface area (Å²) in [6, 6.07) is 10.0. The van der Waals surface area contributed by atoms with Gasteiger partial charge in [0.05, 0.1) is 15.6 Å². The molecule has 0 aliphatic carbocycles. The Bertz CT molecular complexity index is 891. The highest BCUT2D eigenvalue weighted by molar-refractivity contribution is 6.42. The van der Waals surface area contributed by atoms with Crippen molar-refractivity contribution in [2.75, 3.05) is 31.1 Å². The minimum atomic E-state index is -4.36. The van der Waals surface area contributed by atoms with E-state index in [0.29, 0.717) is 47.5 Å². The van der Waals surface area contributed by atoms with E-state index in [0.717, 1.165) is 6.07 Å². The summed E-state index contributed by atoms with van der Waals surface area (Å²) in [5.74, 6) is -0.195. The summed E-state index contributed by atoms with van der Waals surface area (Å²) < 4.78 is 38.6. The Balaban J connectivity index is 1.59. The van der Waals surface area contributed by atoms with Crippen molar-refractivity contribution < 1.29 is 18.0 Å². The Morgan fingerprint density at radius 1 is 0.964 bits per heavy atom. The number of allylic oxidation sites excluding steroid dienone is 1. The van der Waals surface area contributed by atoms with Gasteiger partial charge in [0.15, 0.2) is 5.78 Å². The quantitative estimate of drug-likeness (QED) is 0.472. The summed E-state index contributed by atoms with van der Waals surface area (Å²) in [6.07, 6.45) is -1.20. The summed E-state index contributed by atoms with van der Waals surface area (Å²) >= 11 is 11.8. The first-order valence-corrected chi connectivity index (χ1v) is 9.33. The van der Waals surface area contributed by atoms with Crippen LogP contribution in [0.25, 0.3) is 0 Å². The first-order chi connectivity index (χ1) is 13.2. The number of rotatable bonds is 4. The van der Waals surface area contributed by atoms with Crippen molar-refractivity contribution in [2.45, 2.75) is 6.18 Å². The molecule has 0 radical (unpaired) electrons. The van der Waals surface area contributed by atoms with Gasteiger partial charge in [-0.1, -0.05) is 29.3 Å². The van der Waals surface area contributed by atoms with Crippen molar-refractivity contribution in [3.63, 3.8) is 0 Å². The fourth-order valence-corrected chi connectivity index (χ4v) is 3.22. The van der Waals surface area contributed by atoms with Crippen LogP contribution in [0.4, 0.5) is 18.9 Å². The molecule has 1 aliphatic heterocycles. The third kappa shape index (κ3) is 5.00. The van der Waals surface area contributed by atoms with Crippen LogP contribution in [0.2, 0.25) is 10.0 Å². The van der Waals surface area contributed by atoms with Gasteiger partial charge in [0.1, 0.15) is 0 Å². The van der Waals surface area contributed by atoms with Crippen LogP contribution < -0.4 is 4.90 Å². The molecule has 0 spiro atoms. The van der Waals surface area contributed by atoms with Crippen molar-refractivity contribution in [1.82, 2.24) is 4.90 Å². The number of ketones is 1. The average Bonchev–Trinajstić information content (AvgIpc) is 2.68. The maximum absolute atomic E-state index is 12.9. The number of carbonyl (C=O) groups is 1. The van der Waals surface area contributed by atoms with Crippen LogP contribution in [0.5, 0.6) is 0 Å². The maximum Gasteiger partial charge on any atom is 0.416 e. The molecule has 2 aromatic carbocycles. The fraction of sp³-hybridized carbons (Fsp3) is 0.250. The molecule has 148 valence electrons. The minimum Gasteiger partial charge on any atom is -0.374 e. The zero-order valence-corrected chi connectivity index (χ0v) is 16.2. The lowest BCUT2D eigenvalue weighted by Gasteiger charge is -2.35. The number of alkyl halides is 3. The SMILES string of the molecule is O=C(/C=C/N1CCN(c2cccc(C(F)(F)F)c2)CC1)c1ccc(Cl)c(Cl)c1. The molecule has 1 heterocycles. The largest absolute Gasteiger partial charge is 0.416 e. The van der Waals surface area contributed by atoms with E-state index < -0.39 is 11.7 Å². The summed E-state index contributed by atoms with van der Waals surface area (Å²) in [7, 11) is 0. The Hall–Kier alpha value is -2.18. The van der Waals surface area contributed by atoms with Gasteiger partial charge in [0.25, 0.3) is 0 Å². The molecule has 0 bridgehead atoms. The molecule has 3 nitrogen and oxygen atoms in total. The minimum absolute atomic E-state index is 0.195. The van der Waals surface area contributed by atoms with Crippen LogP contribution in [-0.2, 0) is 6.18 Å². The van der Waals surface area contributed by atoms with Crippen molar-refractivity contribution in [1.29, 1.82) is 0 Å². The summed E-state index contributed by atoms with van der Waals surface area (Å²) in [5.41, 5.74) is 0.332. The van der Waals surface area contributed by atoms with Crippen molar-refractivity contribution in [3.8, 4) is 0 Å². The van der Waals surface area contributed by atoms with Crippen molar-refractivity contribution in [3.05, 3.63) is 75.9 Å². The molecular formula is C20H17Cl2F3N2O. The molecule has 0 amide bonds. The number of hydrogen-bond acceptors (Lipinski definition) is 3. The van der Waals surface area contributed by atoms with Crippen LogP contribution in [0.15, 0.2) is 54.7 Å². The van der Waals surface area contributed by atoms with E-state index in [1.165, 1.54) is 24.3 Å². The monoisotopic (exact) mass is 428 g/mol. The highest BCUT2D eigenvalue weighted by Gasteiger charge is 2.31. The Morgan fingerprint density at radius 3 is 2.32 bits per heavy atom. The molecule has 8 heteroatoms. The predicted octanol–water partition coefficient (Wildman–Crippen LogP) is 5.53. The van der Waals surface area contributed by atoms with Crippen LogP contribution in [0.1, 0.15) is 15.9 Å². The number of piperazine rings is 1. The van der Waals surface area contributed by atoms with E-state index in [4.69, 9.17) is 23.2 Å². The van der Waals surface area contributed by atoms with Gasteiger partial charge < -0.3 is 9.80 Å². The highest BCUT2D eigenvalue weighted by atomic mass is 35.5. The molecule has 1 fully saturated rings. The second kappa shape index (κ2) is 8.45.